The molecule has 1 aromatic rings. The second-order valence-corrected chi connectivity index (χ2v) is 7.94. The Labute approximate surface area is 169 Å². The molecule has 1 amide bonds. The fourth-order valence-corrected chi connectivity index (χ4v) is 3.69. The summed E-state index contributed by atoms with van der Waals surface area (Å²) in [5, 5.41) is 6.52. The van der Waals surface area contributed by atoms with E-state index in [2.05, 4.69) is 24.5 Å². The van der Waals surface area contributed by atoms with Crippen molar-refractivity contribution in [2.75, 3.05) is 26.2 Å². The molecule has 2 N–H and O–H groups in total. The van der Waals surface area contributed by atoms with E-state index in [9.17, 15) is 18.0 Å². The van der Waals surface area contributed by atoms with Gasteiger partial charge in [-0.1, -0.05) is 32.0 Å². The lowest BCUT2D eigenvalue weighted by atomic mass is 9.87. The standard InChI is InChI=1S/C20H28F3N3OS/c1-4-24-19(28)26-11-16(14-6-5-7-15(10-14)20(21,22)23)17(12-26)18(27)25-9-8-13(2)3/h5-7,10,13,16-17H,4,8-9,11-12H2,1-3H3,(H,24,28)(H,25,27)/t16-,17+/m1/s1. The average Bonchev–Trinajstić information content (AvgIpc) is 3.06. The number of alkyl halides is 3. The SMILES string of the molecule is CCNC(=S)N1C[C@H](C(=O)NCCC(C)C)[C@@H](c2cccc(C(F)(F)F)c2)C1. The molecule has 1 aromatic carbocycles. The fraction of sp³-hybridized carbons (Fsp3) is 0.600. The van der Waals surface area contributed by atoms with Gasteiger partial charge in [-0.3, -0.25) is 4.79 Å². The van der Waals surface area contributed by atoms with Gasteiger partial charge in [-0.2, -0.15) is 13.2 Å². The summed E-state index contributed by atoms with van der Waals surface area (Å²) < 4.78 is 39.4. The van der Waals surface area contributed by atoms with E-state index in [-0.39, 0.29) is 11.8 Å². The van der Waals surface area contributed by atoms with Crippen molar-refractivity contribution in [1.29, 1.82) is 0 Å². The second kappa shape index (κ2) is 9.58. The lowest BCUT2D eigenvalue weighted by Gasteiger charge is -2.20. The van der Waals surface area contributed by atoms with Crippen LogP contribution in [0.4, 0.5) is 13.2 Å². The van der Waals surface area contributed by atoms with Crippen LogP contribution < -0.4 is 10.6 Å². The van der Waals surface area contributed by atoms with Gasteiger partial charge in [-0.15, -0.1) is 0 Å². The van der Waals surface area contributed by atoms with E-state index in [1.807, 2.05) is 11.8 Å². The number of nitrogens with zero attached hydrogens (tertiary/aromatic N) is 1. The predicted octanol–water partition coefficient (Wildman–Crippen LogP) is 3.78. The number of hydrogen-bond donors (Lipinski definition) is 2. The van der Waals surface area contributed by atoms with Crippen LogP contribution in [0.1, 0.15) is 44.2 Å². The summed E-state index contributed by atoms with van der Waals surface area (Å²) in [6.07, 6.45) is -3.56. The maximum Gasteiger partial charge on any atom is 0.416 e. The molecule has 0 aliphatic carbocycles. The van der Waals surface area contributed by atoms with E-state index in [1.165, 1.54) is 6.07 Å². The van der Waals surface area contributed by atoms with E-state index in [1.54, 1.807) is 6.07 Å². The van der Waals surface area contributed by atoms with Crippen molar-refractivity contribution in [3.05, 3.63) is 35.4 Å². The minimum atomic E-state index is -4.41. The number of amides is 1. The molecule has 0 spiro atoms. The van der Waals surface area contributed by atoms with E-state index in [0.29, 0.717) is 42.8 Å². The largest absolute Gasteiger partial charge is 0.416 e. The maximum atomic E-state index is 13.1. The first-order valence-corrected chi connectivity index (χ1v) is 10.0. The average molecular weight is 416 g/mol. The minimum absolute atomic E-state index is 0.134. The van der Waals surface area contributed by atoms with Crippen LogP contribution in [0.25, 0.3) is 0 Å². The molecule has 4 nitrogen and oxygen atoms in total. The van der Waals surface area contributed by atoms with E-state index < -0.39 is 17.7 Å². The number of nitrogens with one attached hydrogen (secondary N) is 2. The van der Waals surface area contributed by atoms with Crippen molar-refractivity contribution in [2.45, 2.75) is 39.3 Å². The molecule has 156 valence electrons. The molecule has 0 unspecified atom stereocenters. The van der Waals surface area contributed by atoms with Crippen LogP contribution in [0.3, 0.4) is 0 Å². The van der Waals surface area contributed by atoms with E-state index in [0.717, 1.165) is 18.6 Å². The first-order valence-electron chi connectivity index (χ1n) is 9.61. The minimum Gasteiger partial charge on any atom is -0.363 e. The highest BCUT2D eigenvalue weighted by molar-refractivity contribution is 7.80. The highest BCUT2D eigenvalue weighted by Gasteiger charge is 2.40. The Morgan fingerprint density at radius 2 is 2.00 bits per heavy atom. The van der Waals surface area contributed by atoms with Gasteiger partial charge >= 0.3 is 6.18 Å². The van der Waals surface area contributed by atoms with Crippen molar-refractivity contribution in [2.24, 2.45) is 11.8 Å². The van der Waals surface area contributed by atoms with Gasteiger partial charge in [-0.25, -0.2) is 0 Å². The summed E-state index contributed by atoms with van der Waals surface area (Å²) in [4.78, 5) is 14.7. The number of likely N-dealkylation sites (tertiary alicyclic amines) is 1. The summed E-state index contributed by atoms with van der Waals surface area (Å²) in [5.74, 6) is -0.476. The van der Waals surface area contributed by atoms with Crippen LogP contribution in [0.15, 0.2) is 24.3 Å². The Balaban J connectivity index is 2.24. The van der Waals surface area contributed by atoms with Crippen LogP contribution >= 0.6 is 12.2 Å². The number of hydrogen-bond acceptors (Lipinski definition) is 2. The van der Waals surface area contributed by atoms with Gasteiger partial charge < -0.3 is 15.5 Å². The van der Waals surface area contributed by atoms with Crippen molar-refractivity contribution in [3.8, 4) is 0 Å². The molecular weight excluding hydrogens is 387 g/mol. The van der Waals surface area contributed by atoms with E-state index >= 15 is 0 Å². The number of carbonyl (C=O) groups excluding carboxylic acids is 1. The quantitative estimate of drug-likeness (QED) is 0.694. The number of rotatable bonds is 6. The summed E-state index contributed by atoms with van der Waals surface area (Å²) in [5.41, 5.74) is -0.183. The predicted molar refractivity (Wildman–Crippen MR) is 108 cm³/mol. The zero-order valence-electron chi connectivity index (χ0n) is 16.5. The summed E-state index contributed by atoms with van der Waals surface area (Å²) in [6.45, 7) is 8.07. The molecule has 1 aliphatic rings. The highest BCUT2D eigenvalue weighted by Crippen LogP contribution is 2.36. The van der Waals surface area contributed by atoms with Crippen molar-refractivity contribution in [1.82, 2.24) is 15.5 Å². The van der Waals surface area contributed by atoms with Gasteiger partial charge in [0.25, 0.3) is 0 Å². The van der Waals surface area contributed by atoms with Crippen molar-refractivity contribution >= 4 is 23.2 Å². The molecule has 1 aliphatic heterocycles. The zero-order valence-corrected chi connectivity index (χ0v) is 17.3. The molecular formula is C20H28F3N3OS. The molecule has 0 radical (unpaired) electrons. The molecule has 1 saturated heterocycles. The van der Waals surface area contributed by atoms with Crippen LogP contribution in [0, 0.1) is 11.8 Å². The lowest BCUT2D eigenvalue weighted by Crippen LogP contribution is -2.40. The molecule has 1 fully saturated rings. The Hall–Kier alpha value is -1.83. The monoisotopic (exact) mass is 415 g/mol. The van der Waals surface area contributed by atoms with Crippen molar-refractivity contribution in [3.63, 3.8) is 0 Å². The third kappa shape index (κ3) is 5.83. The normalized spacial score (nSPS) is 19.8. The molecule has 8 heteroatoms. The topological polar surface area (TPSA) is 44.4 Å². The van der Waals surface area contributed by atoms with Gasteiger partial charge in [0, 0.05) is 32.1 Å². The van der Waals surface area contributed by atoms with Gasteiger partial charge in [-0.05, 0) is 43.1 Å². The third-order valence-corrected chi connectivity index (χ3v) is 5.34. The lowest BCUT2D eigenvalue weighted by molar-refractivity contribution is -0.137. The number of thiocarbonyl (C=S) groups is 1. The first kappa shape index (κ1) is 22.5. The molecule has 2 atom stereocenters. The zero-order chi connectivity index (χ0) is 20.9. The van der Waals surface area contributed by atoms with Crippen LogP contribution in [-0.2, 0) is 11.0 Å². The van der Waals surface area contributed by atoms with Crippen LogP contribution in [0.5, 0.6) is 0 Å². The van der Waals surface area contributed by atoms with Gasteiger partial charge in [0.05, 0.1) is 11.5 Å². The summed E-state index contributed by atoms with van der Waals surface area (Å²) in [7, 11) is 0. The Bertz CT molecular complexity index is 694. The highest BCUT2D eigenvalue weighted by atomic mass is 32.1. The number of benzene rings is 1. The molecule has 28 heavy (non-hydrogen) atoms. The van der Waals surface area contributed by atoms with Gasteiger partial charge in [0.2, 0.25) is 5.91 Å². The Morgan fingerprint density at radius 3 is 2.61 bits per heavy atom. The smallest absolute Gasteiger partial charge is 0.363 e. The number of halogens is 3. The van der Waals surface area contributed by atoms with Crippen LogP contribution in [0.2, 0.25) is 0 Å². The Morgan fingerprint density at radius 1 is 1.29 bits per heavy atom. The summed E-state index contributed by atoms with van der Waals surface area (Å²) in [6, 6.07) is 5.27. The molecule has 0 bridgehead atoms. The van der Waals surface area contributed by atoms with Crippen LogP contribution in [-0.4, -0.2) is 42.1 Å². The molecule has 2 rings (SSSR count). The fourth-order valence-electron chi connectivity index (χ4n) is 3.40. The van der Waals surface area contributed by atoms with Crippen molar-refractivity contribution < 1.29 is 18.0 Å². The summed E-state index contributed by atoms with van der Waals surface area (Å²) >= 11 is 5.37. The number of carbonyl (C=O) groups is 1. The molecule has 0 aromatic heterocycles. The third-order valence-electron chi connectivity index (χ3n) is 4.93. The van der Waals surface area contributed by atoms with E-state index in [4.69, 9.17) is 12.2 Å². The maximum absolute atomic E-state index is 13.1. The van der Waals surface area contributed by atoms with Gasteiger partial charge in [0.1, 0.15) is 0 Å². The van der Waals surface area contributed by atoms with Gasteiger partial charge in [0.15, 0.2) is 5.11 Å². The second-order valence-electron chi connectivity index (χ2n) is 7.55. The Kier molecular flexibility index (Phi) is 7.69. The first-order chi connectivity index (χ1) is 13.1. The molecule has 0 saturated carbocycles. The molecule has 1 heterocycles.